The predicted molar refractivity (Wildman–Crippen MR) is 81.8 cm³/mol. The van der Waals surface area contributed by atoms with Gasteiger partial charge in [0.1, 0.15) is 0 Å². The molecule has 1 saturated carbocycles. The van der Waals surface area contributed by atoms with Crippen LogP contribution in [0.15, 0.2) is 0 Å². The van der Waals surface area contributed by atoms with Crippen LogP contribution in [0.4, 0.5) is 0 Å². The fourth-order valence-corrected chi connectivity index (χ4v) is 4.13. The van der Waals surface area contributed by atoms with E-state index in [0.29, 0.717) is 25.4 Å². The third kappa shape index (κ3) is 2.69. The van der Waals surface area contributed by atoms with Gasteiger partial charge in [0.25, 0.3) is 0 Å². The highest BCUT2D eigenvalue weighted by Crippen LogP contribution is 2.49. The highest BCUT2D eigenvalue weighted by molar-refractivity contribution is 5.85. The lowest BCUT2D eigenvalue weighted by molar-refractivity contribution is -0.153. The maximum atomic E-state index is 13.0. The SMILES string of the molecule is CC(C)CC1(C(=O)N2CCC(C(=O)O)(C(C)C)C2)CCC1. The summed E-state index contributed by atoms with van der Waals surface area (Å²) in [6.07, 6.45) is 4.60. The van der Waals surface area contributed by atoms with Crippen molar-refractivity contribution >= 4 is 11.9 Å². The Morgan fingerprint density at radius 3 is 2.10 bits per heavy atom. The van der Waals surface area contributed by atoms with Crippen LogP contribution in [0.25, 0.3) is 0 Å². The molecule has 0 spiro atoms. The molecule has 0 aromatic carbocycles. The molecule has 1 aliphatic heterocycles. The third-order valence-electron chi connectivity index (χ3n) is 5.68. The lowest BCUT2D eigenvalue weighted by Crippen LogP contribution is -2.49. The van der Waals surface area contributed by atoms with Gasteiger partial charge in [0, 0.05) is 18.5 Å². The number of rotatable bonds is 5. The molecule has 2 aliphatic rings. The smallest absolute Gasteiger partial charge is 0.311 e. The maximum absolute atomic E-state index is 13.0. The Balaban J connectivity index is 2.13. The first-order valence-electron chi connectivity index (χ1n) is 8.26. The molecule has 1 amide bonds. The van der Waals surface area contributed by atoms with Crippen molar-refractivity contribution in [2.75, 3.05) is 13.1 Å². The fraction of sp³-hybridized carbons (Fsp3) is 0.882. The number of carboxylic acids is 1. The minimum atomic E-state index is -0.752. The second-order valence-electron chi connectivity index (χ2n) is 7.82. The van der Waals surface area contributed by atoms with Crippen LogP contribution in [0.2, 0.25) is 0 Å². The zero-order chi connectivity index (χ0) is 15.8. The first-order valence-corrected chi connectivity index (χ1v) is 8.26. The van der Waals surface area contributed by atoms with E-state index >= 15 is 0 Å². The minimum absolute atomic E-state index is 0.0511. The van der Waals surface area contributed by atoms with Crippen LogP contribution in [0, 0.1) is 22.7 Å². The molecule has 120 valence electrons. The first kappa shape index (κ1) is 16.3. The lowest BCUT2D eigenvalue weighted by atomic mass is 9.63. The van der Waals surface area contributed by atoms with Gasteiger partial charge in [0.05, 0.1) is 5.41 Å². The van der Waals surface area contributed by atoms with Gasteiger partial charge in [-0.05, 0) is 37.5 Å². The normalized spacial score (nSPS) is 28.0. The van der Waals surface area contributed by atoms with Gasteiger partial charge in [0.2, 0.25) is 5.91 Å². The zero-order valence-electron chi connectivity index (χ0n) is 13.8. The van der Waals surface area contributed by atoms with Crippen molar-refractivity contribution in [1.29, 1.82) is 0 Å². The highest BCUT2D eigenvalue weighted by Gasteiger charge is 2.53. The molecule has 21 heavy (non-hydrogen) atoms. The van der Waals surface area contributed by atoms with Gasteiger partial charge in [-0.3, -0.25) is 9.59 Å². The summed E-state index contributed by atoms with van der Waals surface area (Å²) in [5.74, 6) is 0.0203. The van der Waals surface area contributed by atoms with E-state index < -0.39 is 11.4 Å². The van der Waals surface area contributed by atoms with Crippen molar-refractivity contribution in [1.82, 2.24) is 4.90 Å². The van der Waals surface area contributed by atoms with Crippen molar-refractivity contribution in [2.24, 2.45) is 22.7 Å². The number of amides is 1. The second-order valence-corrected chi connectivity index (χ2v) is 7.82. The Kier molecular flexibility index (Phi) is 4.36. The topological polar surface area (TPSA) is 57.6 Å². The summed E-state index contributed by atoms with van der Waals surface area (Å²) in [6.45, 7) is 9.21. The van der Waals surface area contributed by atoms with E-state index in [4.69, 9.17) is 0 Å². The molecule has 1 saturated heterocycles. The molecule has 1 unspecified atom stereocenters. The summed E-state index contributed by atoms with van der Waals surface area (Å²) in [6, 6.07) is 0. The molecule has 0 aromatic heterocycles. The molecule has 1 N–H and O–H groups in total. The quantitative estimate of drug-likeness (QED) is 0.847. The average Bonchev–Trinajstić information content (AvgIpc) is 2.79. The summed E-state index contributed by atoms with van der Waals surface area (Å²) >= 11 is 0. The predicted octanol–water partition coefficient (Wildman–Crippen LogP) is 3.16. The van der Waals surface area contributed by atoms with E-state index in [1.165, 1.54) is 0 Å². The molecule has 1 heterocycles. The van der Waals surface area contributed by atoms with Crippen molar-refractivity contribution in [3.63, 3.8) is 0 Å². The van der Waals surface area contributed by atoms with Crippen LogP contribution in [0.1, 0.15) is 59.8 Å². The van der Waals surface area contributed by atoms with Gasteiger partial charge in [-0.2, -0.15) is 0 Å². The van der Waals surface area contributed by atoms with Crippen LogP contribution in [0.5, 0.6) is 0 Å². The van der Waals surface area contributed by atoms with Crippen LogP contribution in [-0.2, 0) is 9.59 Å². The van der Waals surface area contributed by atoms with E-state index in [2.05, 4.69) is 13.8 Å². The molecule has 1 aliphatic carbocycles. The van der Waals surface area contributed by atoms with E-state index in [1.54, 1.807) is 0 Å². The number of hydrogen-bond acceptors (Lipinski definition) is 2. The molecule has 2 fully saturated rings. The van der Waals surface area contributed by atoms with E-state index in [0.717, 1.165) is 25.7 Å². The molecule has 0 aromatic rings. The van der Waals surface area contributed by atoms with Crippen LogP contribution in [-0.4, -0.2) is 35.0 Å². The summed E-state index contributed by atoms with van der Waals surface area (Å²) in [7, 11) is 0. The number of carbonyl (C=O) groups is 2. The summed E-state index contributed by atoms with van der Waals surface area (Å²) in [5, 5.41) is 9.62. The summed E-state index contributed by atoms with van der Waals surface area (Å²) < 4.78 is 0. The fourth-order valence-electron chi connectivity index (χ4n) is 4.13. The van der Waals surface area contributed by atoms with Gasteiger partial charge in [0.15, 0.2) is 0 Å². The Bertz CT molecular complexity index is 426. The Labute approximate surface area is 127 Å². The lowest BCUT2D eigenvalue weighted by Gasteiger charge is -2.44. The van der Waals surface area contributed by atoms with Gasteiger partial charge in [-0.15, -0.1) is 0 Å². The zero-order valence-corrected chi connectivity index (χ0v) is 13.8. The molecule has 2 rings (SSSR count). The van der Waals surface area contributed by atoms with Crippen LogP contribution in [0.3, 0.4) is 0 Å². The van der Waals surface area contributed by atoms with E-state index in [1.807, 2.05) is 18.7 Å². The minimum Gasteiger partial charge on any atom is -0.481 e. The highest BCUT2D eigenvalue weighted by atomic mass is 16.4. The van der Waals surface area contributed by atoms with Crippen LogP contribution < -0.4 is 0 Å². The van der Waals surface area contributed by atoms with Gasteiger partial charge in [-0.1, -0.05) is 34.1 Å². The van der Waals surface area contributed by atoms with Gasteiger partial charge in [-0.25, -0.2) is 0 Å². The van der Waals surface area contributed by atoms with Crippen molar-refractivity contribution in [2.45, 2.75) is 59.8 Å². The molecule has 4 heteroatoms. The Morgan fingerprint density at radius 2 is 1.76 bits per heavy atom. The van der Waals surface area contributed by atoms with E-state index in [9.17, 15) is 14.7 Å². The largest absolute Gasteiger partial charge is 0.481 e. The number of carboxylic acid groups (broad SMARTS) is 1. The van der Waals surface area contributed by atoms with Gasteiger partial charge < -0.3 is 10.0 Å². The Morgan fingerprint density at radius 1 is 1.14 bits per heavy atom. The van der Waals surface area contributed by atoms with Crippen molar-refractivity contribution < 1.29 is 14.7 Å². The number of likely N-dealkylation sites (tertiary alicyclic amines) is 1. The summed E-state index contributed by atoms with van der Waals surface area (Å²) in [5.41, 5.74) is -0.946. The van der Waals surface area contributed by atoms with Gasteiger partial charge >= 0.3 is 5.97 Å². The molecule has 0 radical (unpaired) electrons. The molecular formula is C17H29NO3. The number of hydrogen-bond donors (Lipinski definition) is 1. The number of nitrogens with zero attached hydrogens (tertiary/aromatic N) is 1. The first-order chi connectivity index (χ1) is 9.73. The monoisotopic (exact) mass is 295 g/mol. The standard InChI is InChI=1S/C17H29NO3/c1-12(2)10-16(6-5-7-16)14(19)18-9-8-17(11-18,13(3)4)15(20)21/h12-13H,5-11H2,1-4H3,(H,20,21). The van der Waals surface area contributed by atoms with Crippen molar-refractivity contribution in [3.05, 3.63) is 0 Å². The molecule has 1 atom stereocenters. The van der Waals surface area contributed by atoms with E-state index in [-0.39, 0.29) is 17.2 Å². The molecule has 0 bridgehead atoms. The maximum Gasteiger partial charge on any atom is 0.311 e. The third-order valence-corrected chi connectivity index (χ3v) is 5.68. The van der Waals surface area contributed by atoms with Crippen molar-refractivity contribution in [3.8, 4) is 0 Å². The number of aliphatic carboxylic acids is 1. The van der Waals surface area contributed by atoms with Crippen LogP contribution >= 0.6 is 0 Å². The second kappa shape index (κ2) is 5.62. The molecular weight excluding hydrogens is 266 g/mol. The average molecular weight is 295 g/mol. The summed E-state index contributed by atoms with van der Waals surface area (Å²) in [4.78, 5) is 26.5. The number of carbonyl (C=O) groups excluding carboxylic acids is 1. The Hall–Kier alpha value is -1.06. The molecule has 4 nitrogen and oxygen atoms in total.